The number of carbonyl (C=O) groups excluding carboxylic acids is 2. The molecule has 3 N–H and O–H groups in total. The van der Waals surface area contributed by atoms with Crippen LogP contribution in [0.1, 0.15) is 24.8 Å². The second-order valence-corrected chi connectivity index (χ2v) is 9.57. The third-order valence-corrected chi connectivity index (χ3v) is 6.64. The Labute approximate surface area is 227 Å². The van der Waals surface area contributed by atoms with Crippen LogP contribution in [0.15, 0.2) is 67.0 Å². The molecule has 2 aromatic carbocycles. The SMILES string of the molecule is CC(C(=O)NC1CCOC1)c1ccc(-c2cnn3c(-c4cccc(NC(=O)NCC(F)(F)F)c4)cnc3c2)cc1. The summed E-state index contributed by atoms with van der Waals surface area (Å²) < 4.78 is 44.0. The zero-order valence-electron chi connectivity index (χ0n) is 21.5. The Balaban J connectivity index is 1.28. The summed E-state index contributed by atoms with van der Waals surface area (Å²) in [5.41, 5.74) is 4.88. The van der Waals surface area contributed by atoms with E-state index in [-0.39, 0.29) is 17.9 Å². The summed E-state index contributed by atoms with van der Waals surface area (Å²) in [5, 5.41) is 11.7. The first-order valence-electron chi connectivity index (χ1n) is 12.7. The Bertz CT molecular complexity index is 1510. The van der Waals surface area contributed by atoms with Crippen molar-refractivity contribution in [1.82, 2.24) is 25.2 Å². The van der Waals surface area contributed by atoms with Crippen molar-refractivity contribution in [3.8, 4) is 22.4 Å². The van der Waals surface area contributed by atoms with E-state index in [0.717, 1.165) is 23.1 Å². The highest BCUT2D eigenvalue weighted by atomic mass is 19.4. The van der Waals surface area contributed by atoms with Gasteiger partial charge in [0.1, 0.15) is 6.54 Å². The highest BCUT2D eigenvalue weighted by Crippen LogP contribution is 2.27. The first-order chi connectivity index (χ1) is 19.2. The van der Waals surface area contributed by atoms with Crippen LogP contribution in [0.25, 0.3) is 28.0 Å². The summed E-state index contributed by atoms with van der Waals surface area (Å²) in [4.78, 5) is 28.9. The number of nitrogens with zero attached hydrogens (tertiary/aromatic N) is 3. The molecule has 0 bridgehead atoms. The number of anilines is 1. The van der Waals surface area contributed by atoms with Crippen molar-refractivity contribution in [1.29, 1.82) is 0 Å². The molecule has 40 heavy (non-hydrogen) atoms. The number of hydrogen-bond acceptors (Lipinski definition) is 5. The van der Waals surface area contributed by atoms with E-state index in [1.807, 2.05) is 37.3 Å². The number of fused-ring (bicyclic) bond motifs is 1. The quantitative estimate of drug-likeness (QED) is 0.307. The Kier molecular flexibility index (Phi) is 7.69. The summed E-state index contributed by atoms with van der Waals surface area (Å²) in [5.74, 6) is -0.330. The van der Waals surface area contributed by atoms with Crippen LogP contribution >= 0.6 is 0 Å². The summed E-state index contributed by atoms with van der Waals surface area (Å²) in [6, 6.07) is 15.4. The molecule has 0 saturated carbocycles. The van der Waals surface area contributed by atoms with Gasteiger partial charge in [0.05, 0.1) is 36.7 Å². The van der Waals surface area contributed by atoms with Crippen molar-refractivity contribution in [2.24, 2.45) is 0 Å². The van der Waals surface area contributed by atoms with E-state index in [9.17, 15) is 22.8 Å². The topological polar surface area (TPSA) is 110 Å². The van der Waals surface area contributed by atoms with Crippen LogP contribution in [-0.4, -0.2) is 58.5 Å². The third-order valence-electron chi connectivity index (χ3n) is 6.64. The predicted octanol–water partition coefficient (Wildman–Crippen LogP) is 4.76. The minimum atomic E-state index is -4.50. The zero-order valence-corrected chi connectivity index (χ0v) is 21.5. The van der Waals surface area contributed by atoms with E-state index >= 15 is 0 Å². The molecule has 1 aliphatic rings. The van der Waals surface area contributed by atoms with Crippen molar-refractivity contribution in [2.45, 2.75) is 31.5 Å². The average molecular weight is 553 g/mol. The minimum Gasteiger partial charge on any atom is -0.379 e. The van der Waals surface area contributed by atoms with E-state index < -0.39 is 18.8 Å². The van der Waals surface area contributed by atoms with Crippen LogP contribution in [0, 0.1) is 0 Å². The van der Waals surface area contributed by atoms with Gasteiger partial charge in [-0.1, -0.05) is 36.4 Å². The number of imidazole rings is 1. The number of rotatable bonds is 7. The van der Waals surface area contributed by atoms with E-state index in [1.165, 1.54) is 0 Å². The monoisotopic (exact) mass is 552 g/mol. The van der Waals surface area contributed by atoms with Gasteiger partial charge in [0.2, 0.25) is 5.91 Å². The van der Waals surface area contributed by atoms with E-state index in [4.69, 9.17) is 4.74 Å². The Morgan fingerprint density at radius 1 is 1.07 bits per heavy atom. The Hall–Kier alpha value is -4.45. The molecule has 1 fully saturated rings. The standard InChI is InChI=1S/C28H27F3N6O3/c1-17(26(38)35-23-9-10-40-15-23)18-5-7-19(8-6-18)21-12-25-32-14-24(37(25)34-13-21)20-3-2-4-22(11-20)36-27(39)33-16-28(29,30)31/h2-8,11-14,17,23H,9-10,15-16H2,1H3,(H,35,38)(H2,33,36,39). The number of benzene rings is 2. The normalized spacial score (nSPS) is 16.1. The number of halogens is 3. The van der Waals surface area contributed by atoms with Crippen LogP contribution in [0.4, 0.5) is 23.7 Å². The summed E-state index contributed by atoms with van der Waals surface area (Å²) in [6.45, 7) is 1.67. The molecule has 0 aliphatic carbocycles. The van der Waals surface area contributed by atoms with Gasteiger partial charge in [-0.05, 0) is 42.7 Å². The molecule has 4 aromatic rings. The van der Waals surface area contributed by atoms with Gasteiger partial charge in [0.25, 0.3) is 0 Å². The first kappa shape index (κ1) is 27.1. The summed E-state index contributed by atoms with van der Waals surface area (Å²) in [6.07, 6.45) is -0.334. The molecular formula is C28H27F3N6O3. The van der Waals surface area contributed by atoms with Crippen molar-refractivity contribution in [3.05, 3.63) is 72.6 Å². The van der Waals surface area contributed by atoms with E-state index in [2.05, 4.69) is 20.7 Å². The molecule has 0 radical (unpaired) electrons. The number of nitrogens with one attached hydrogen (secondary N) is 3. The molecule has 3 amide bonds. The molecule has 3 heterocycles. The molecule has 208 valence electrons. The lowest BCUT2D eigenvalue weighted by atomic mass is 9.97. The van der Waals surface area contributed by atoms with Gasteiger partial charge in [-0.2, -0.15) is 18.3 Å². The van der Waals surface area contributed by atoms with Gasteiger partial charge in [-0.25, -0.2) is 14.3 Å². The highest BCUT2D eigenvalue weighted by molar-refractivity contribution is 5.90. The van der Waals surface area contributed by atoms with Gasteiger partial charge < -0.3 is 20.7 Å². The molecule has 2 atom stereocenters. The van der Waals surface area contributed by atoms with Gasteiger partial charge in [0, 0.05) is 23.4 Å². The Morgan fingerprint density at radius 2 is 1.88 bits per heavy atom. The molecule has 1 aliphatic heterocycles. The maximum atomic E-state index is 12.6. The second-order valence-electron chi connectivity index (χ2n) is 9.57. The smallest absolute Gasteiger partial charge is 0.379 e. The van der Waals surface area contributed by atoms with Crippen molar-refractivity contribution in [2.75, 3.05) is 25.1 Å². The number of alkyl halides is 3. The first-order valence-corrected chi connectivity index (χ1v) is 12.7. The van der Waals surface area contributed by atoms with Crippen LogP contribution in [0.5, 0.6) is 0 Å². The number of hydrogen-bond donors (Lipinski definition) is 3. The van der Waals surface area contributed by atoms with Crippen LogP contribution in [-0.2, 0) is 9.53 Å². The summed E-state index contributed by atoms with van der Waals surface area (Å²) in [7, 11) is 0. The molecule has 2 aromatic heterocycles. The zero-order chi connectivity index (χ0) is 28.3. The average Bonchev–Trinajstić information content (AvgIpc) is 3.61. The number of aromatic nitrogens is 3. The molecule has 2 unspecified atom stereocenters. The molecule has 5 rings (SSSR count). The summed E-state index contributed by atoms with van der Waals surface area (Å²) >= 11 is 0. The van der Waals surface area contributed by atoms with Crippen LogP contribution in [0.2, 0.25) is 0 Å². The largest absolute Gasteiger partial charge is 0.405 e. The predicted molar refractivity (Wildman–Crippen MR) is 143 cm³/mol. The van der Waals surface area contributed by atoms with Gasteiger partial charge in [-0.15, -0.1) is 0 Å². The van der Waals surface area contributed by atoms with E-state index in [0.29, 0.717) is 35.8 Å². The number of carbonyl (C=O) groups is 2. The fourth-order valence-corrected chi connectivity index (χ4v) is 4.43. The molecule has 9 nitrogen and oxygen atoms in total. The number of amides is 3. The lowest BCUT2D eigenvalue weighted by Crippen LogP contribution is -2.37. The van der Waals surface area contributed by atoms with Gasteiger partial charge in [-0.3, -0.25) is 4.79 Å². The van der Waals surface area contributed by atoms with Gasteiger partial charge in [0.15, 0.2) is 5.65 Å². The Morgan fingerprint density at radius 3 is 2.60 bits per heavy atom. The van der Waals surface area contributed by atoms with E-state index in [1.54, 1.807) is 46.5 Å². The molecule has 12 heteroatoms. The maximum absolute atomic E-state index is 12.6. The minimum absolute atomic E-state index is 0.0301. The lowest BCUT2D eigenvalue weighted by Gasteiger charge is -2.16. The highest BCUT2D eigenvalue weighted by Gasteiger charge is 2.27. The lowest BCUT2D eigenvalue weighted by molar-refractivity contribution is -0.123. The number of urea groups is 1. The molecule has 1 saturated heterocycles. The van der Waals surface area contributed by atoms with Crippen molar-refractivity contribution in [3.63, 3.8) is 0 Å². The third kappa shape index (κ3) is 6.40. The second kappa shape index (κ2) is 11.3. The number of ether oxygens (including phenoxy) is 1. The molecular weight excluding hydrogens is 525 g/mol. The fourth-order valence-electron chi connectivity index (χ4n) is 4.43. The molecule has 0 spiro atoms. The maximum Gasteiger partial charge on any atom is 0.405 e. The van der Waals surface area contributed by atoms with Crippen molar-refractivity contribution < 1.29 is 27.5 Å². The van der Waals surface area contributed by atoms with Crippen molar-refractivity contribution >= 4 is 23.3 Å². The van der Waals surface area contributed by atoms with Crippen LogP contribution in [0.3, 0.4) is 0 Å². The van der Waals surface area contributed by atoms with Gasteiger partial charge >= 0.3 is 12.2 Å². The van der Waals surface area contributed by atoms with Crippen LogP contribution < -0.4 is 16.0 Å². The fraction of sp³-hybridized carbons (Fsp3) is 0.286.